The van der Waals surface area contributed by atoms with Crippen LogP contribution in [0.25, 0.3) is 17.1 Å². The lowest BCUT2D eigenvalue weighted by atomic mass is 9.84. The molecule has 2 fully saturated rings. The molecule has 0 unspecified atom stereocenters. The van der Waals surface area contributed by atoms with E-state index in [1.165, 1.54) is 12.5 Å². The Hall–Kier alpha value is -2.83. The van der Waals surface area contributed by atoms with E-state index in [9.17, 15) is 9.59 Å². The minimum absolute atomic E-state index is 0.263. The smallest absolute Gasteiger partial charge is 0.241 e. The van der Waals surface area contributed by atoms with Gasteiger partial charge in [0.1, 0.15) is 5.65 Å². The van der Waals surface area contributed by atoms with Gasteiger partial charge in [0.25, 0.3) is 0 Å². The number of rotatable bonds is 4. The molecule has 136 valence electrons. The van der Waals surface area contributed by atoms with Crippen LogP contribution in [0.1, 0.15) is 24.8 Å². The summed E-state index contributed by atoms with van der Waals surface area (Å²) in [6, 6.07) is 2.07. The van der Waals surface area contributed by atoms with Crippen LogP contribution in [0.15, 0.2) is 24.5 Å². The van der Waals surface area contributed by atoms with Crippen LogP contribution in [0.4, 0.5) is 5.69 Å². The van der Waals surface area contributed by atoms with Crippen molar-refractivity contribution >= 4 is 34.6 Å². The number of hydrogen-bond acceptors (Lipinski definition) is 4. The maximum absolute atomic E-state index is 12.4. The minimum Gasteiger partial charge on any atom is -0.367 e. The van der Waals surface area contributed by atoms with Gasteiger partial charge in [0.15, 0.2) is 0 Å². The Morgan fingerprint density at radius 2 is 2.00 bits per heavy atom. The van der Waals surface area contributed by atoms with Gasteiger partial charge in [-0.1, -0.05) is 6.42 Å². The van der Waals surface area contributed by atoms with Crippen LogP contribution in [0.3, 0.4) is 0 Å². The van der Waals surface area contributed by atoms with Crippen molar-refractivity contribution in [2.45, 2.75) is 19.3 Å². The molecule has 0 aromatic carbocycles. The Morgan fingerprint density at radius 1 is 1.23 bits per heavy atom. The fraction of sp³-hybridized carbons (Fsp3) is 0.421. The molecule has 1 aliphatic carbocycles. The highest BCUT2D eigenvalue weighted by molar-refractivity contribution is 5.95. The number of fused-ring (bicyclic) bond motifs is 1. The first kappa shape index (κ1) is 16.6. The Kier molecular flexibility index (Phi) is 4.36. The molecule has 3 N–H and O–H groups in total. The SMILES string of the molecule is NC(=O)/C=C/c1c[nH]c2ncc(N3CCN(C(=O)C4CCC4)CC3)cc12. The third-order valence-corrected chi connectivity index (χ3v) is 5.39. The van der Waals surface area contributed by atoms with E-state index >= 15 is 0 Å². The average molecular weight is 353 g/mol. The molecule has 1 saturated carbocycles. The van der Waals surface area contributed by atoms with Gasteiger partial charge in [-0.25, -0.2) is 4.98 Å². The first-order valence-corrected chi connectivity index (χ1v) is 9.10. The zero-order valence-corrected chi connectivity index (χ0v) is 14.6. The predicted octanol–water partition coefficient (Wildman–Crippen LogP) is 1.51. The van der Waals surface area contributed by atoms with E-state index in [1.807, 2.05) is 17.3 Å². The van der Waals surface area contributed by atoms with Crippen LogP contribution in [0.5, 0.6) is 0 Å². The number of aromatic nitrogens is 2. The van der Waals surface area contributed by atoms with Gasteiger partial charge in [0.05, 0.1) is 11.9 Å². The molecule has 0 atom stereocenters. The molecule has 2 amide bonds. The summed E-state index contributed by atoms with van der Waals surface area (Å²) in [6.45, 7) is 3.13. The van der Waals surface area contributed by atoms with E-state index in [2.05, 4.69) is 20.9 Å². The highest BCUT2D eigenvalue weighted by atomic mass is 16.2. The number of nitrogens with two attached hydrogens (primary N) is 1. The molecular formula is C19H23N5O2. The first-order chi connectivity index (χ1) is 12.6. The second-order valence-electron chi connectivity index (χ2n) is 7.01. The number of piperazine rings is 1. The van der Waals surface area contributed by atoms with Crippen molar-refractivity contribution < 1.29 is 9.59 Å². The number of carbonyl (C=O) groups excluding carboxylic acids is 2. The van der Waals surface area contributed by atoms with E-state index in [0.29, 0.717) is 5.91 Å². The minimum atomic E-state index is -0.476. The second kappa shape index (κ2) is 6.82. The van der Waals surface area contributed by atoms with E-state index in [-0.39, 0.29) is 5.92 Å². The molecule has 3 heterocycles. The molecule has 7 heteroatoms. The zero-order valence-electron chi connectivity index (χ0n) is 14.6. The summed E-state index contributed by atoms with van der Waals surface area (Å²) in [7, 11) is 0. The average Bonchev–Trinajstić information content (AvgIpc) is 3.01. The largest absolute Gasteiger partial charge is 0.367 e. The summed E-state index contributed by atoms with van der Waals surface area (Å²) in [6.07, 6.45) is 10.00. The molecule has 4 rings (SSSR count). The fourth-order valence-corrected chi connectivity index (χ4v) is 3.59. The van der Waals surface area contributed by atoms with Gasteiger partial charge in [-0.2, -0.15) is 0 Å². The first-order valence-electron chi connectivity index (χ1n) is 9.10. The van der Waals surface area contributed by atoms with Crippen molar-refractivity contribution in [3.63, 3.8) is 0 Å². The third kappa shape index (κ3) is 3.16. The maximum Gasteiger partial charge on any atom is 0.241 e. The molecule has 2 aromatic heterocycles. The summed E-state index contributed by atoms with van der Waals surface area (Å²) < 4.78 is 0. The number of hydrogen-bond donors (Lipinski definition) is 2. The third-order valence-electron chi connectivity index (χ3n) is 5.39. The number of primary amides is 1. The van der Waals surface area contributed by atoms with Gasteiger partial charge in [0.2, 0.25) is 11.8 Å². The molecule has 26 heavy (non-hydrogen) atoms. The normalized spacial score (nSPS) is 18.5. The summed E-state index contributed by atoms with van der Waals surface area (Å²) in [5.41, 5.74) is 7.87. The Morgan fingerprint density at radius 3 is 2.65 bits per heavy atom. The van der Waals surface area contributed by atoms with Crippen molar-refractivity contribution in [2.24, 2.45) is 11.7 Å². The van der Waals surface area contributed by atoms with E-state index < -0.39 is 5.91 Å². The van der Waals surface area contributed by atoms with Gasteiger partial charge in [-0.3, -0.25) is 9.59 Å². The lowest BCUT2D eigenvalue weighted by Gasteiger charge is -2.39. The molecule has 7 nitrogen and oxygen atoms in total. The van der Waals surface area contributed by atoms with E-state index in [0.717, 1.165) is 61.3 Å². The summed E-state index contributed by atoms with van der Waals surface area (Å²) >= 11 is 0. The van der Waals surface area contributed by atoms with Crippen LogP contribution >= 0.6 is 0 Å². The van der Waals surface area contributed by atoms with Crippen LogP contribution < -0.4 is 10.6 Å². The molecule has 0 spiro atoms. The number of anilines is 1. The molecule has 2 aliphatic rings. The van der Waals surface area contributed by atoms with Gasteiger partial charge in [0, 0.05) is 55.3 Å². The Balaban J connectivity index is 1.48. The molecular weight excluding hydrogens is 330 g/mol. The number of amides is 2. The molecule has 2 aromatic rings. The van der Waals surface area contributed by atoms with E-state index in [1.54, 1.807) is 6.08 Å². The summed E-state index contributed by atoms with van der Waals surface area (Å²) in [5, 5.41) is 0.952. The van der Waals surface area contributed by atoms with Gasteiger partial charge >= 0.3 is 0 Å². The number of nitrogens with one attached hydrogen (secondary N) is 1. The van der Waals surface area contributed by atoms with Crippen molar-refractivity contribution in [3.05, 3.63) is 30.1 Å². The zero-order chi connectivity index (χ0) is 18.1. The topological polar surface area (TPSA) is 95.3 Å². The van der Waals surface area contributed by atoms with Crippen LogP contribution in [0.2, 0.25) is 0 Å². The number of H-pyrrole nitrogens is 1. The fourth-order valence-electron chi connectivity index (χ4n) is 3.59. The lowest BCUT2D eigenvalue weighted by Crippen LogP contribution is -2.51. The second-order valence-corrected chi connectivity index (χ2v) is 7.01. The number of aromatic amines is 1. The molecule has 1 aliphatic heterocycles. The number of pyridine rings is 1. The highest BCUT2D eigenvalue weighted by Gasteiger charge is 2.31. The van der Waals surface area contributed by atoms with Crippen molar-refractivity contribution in [1.29, 1.82) is 0 Å². The van der Waals surface area contributed by atoms with Crippen LogP contribution in [-0.2, 0) is 9.59 Å². The van der Waals surface area contributed by atoms with Gasteiger partial charge in [-0.05, 0) is 25.0 Å². The monoisotopic (exact) mass is 353 g/mol. The predicted molar refractivity (Wildman–Crippen MR) is 100 cm³/mol. The quantitative estimate of drug-likeness (QED) is 0.815. The van der Waals surface area contributed by atoms with Crippen molar-refractivity contribution in [2.75, 3.05) is 31.1 Å². The summed E-state index contributed by atoms with van der Waals surface area (Å²) in [5.74, 6) is 0.115. The van der Waals surface area contributed by atoms with Crippen LogP contribution in [-0.4, -0.2) is 52.9 Å². The lowest BCUT2D eigenvalue weighted by molar-refractivity contribution is -0.138. The van der Waals surface area contributed by atoms with Crippen LogP contribution in [0, 0.1) is 5.92 Å². The molecule has 0 bridgehead atoms. The highest BCUT2D eigenvalue weighted by Crippen LogP contribution is 2.29. The van der Waals surface area contributed by atoms with Crippen molar-refractivity contribution in [3.8, 4) is 0 Å². The Labute approximate surface area is 151 Å². The molecule has 1 saturated heterocycles. The Bertz CT molecular complexity index is 860. The van der Waals surface area contributed by atoms with Gasteiger partial charge in [-0.15, -0.1) is 0 Å². The summed E-state index contributed by atoms with van der Waals surface area (Å²) in [4.78, 5) is 35.2. The van der Waals surface area contributed by atoms with Crippen molar-refractivity contribution in [1.82, 2.24) is 14.9 Å². The number of carbonyl (C=O) groups is 2. The maximum atomic E-state index is 12.4. The molecule has 0 radical (unpaired) electrons. The number of nitrogens with zero attached hydrogens (tertiary/aromatic N) is 3. The van der Waals surface area contributed by atoms with E-state index in [4.69, 9.17) is 5.73 Å². The standard InChI is InChI=1S/C19H23N5O2/c20-17(25)5-4-14-11-21-18-16(14)10-15(12-22-18)23-6-8-24(9-7-23)19(26)13-2-1-3-13/h4-5,10-13H,1-3,6-9H2,(H2,20,25)(H,21,22)/b5-4+. The van der Waals surface area contributed by atoms with Gasteiger partial charge < -0.3 is 20.5 Å².